The number of halogens is 3. The molecule has 3 N–H and O–H groups in total. The van der Waals surface area contributed by atoms with Crippen LogP contribution in [0.5, 0.6) is 0 Å². The molecular weight excluding hydrogens is 339 g/mol. The number of carbonyl (C=O) groups excluding carboxylic acids is 1. The van der Waals surface area contributed by atoms with E-state index in [0.717, 1.165) is 11.3 Å². The van der Waals surface area contributed by atoms with Crippen LogP contribution < -0.4 is 11.1 Å². The SMILES string of the molecule is CC(Nc1ccc(Cl)c(C(N)=O)c1)c1cc(Cl)sc1Cl. The Balaban J connectivity index is 2.24. The molecule has 1 amide bonds. The smallest absolute Gasteiger partial charge is 0.250 e. The molecule has 0 aliphatic carbocycles. The number of thiophene rings is 1. The van der Waals surface area contributed by atoms with E-state index in [2.05, 4.69) is 5.32 Å². The fraction of sp³-hybridized carbons (Fsp3) is 0.154. The molecule has 0 fully saturated rings. The summed E-state index contributed by atoms with van der Waals surface area (Å²) in [5.41, 5.74) is 7.17. The third-order valence-corrected chi connectivity index (χ3v) is 4.61. The number of carbonyl (C=O) groups is 1. The van der Waals surface area contributed by atoms with Gasteiger partial charge in [-0.15, -0.1) is 11.3 Å². The van der Waals surface area contributed by atoms with Crippen LogP contribution in [0.15, 0.2) is 24.3 Å². The van der Waals surface area contributed by atoms with E-state index in [1.54, 1.807) is 18.2 Å². The van der Waals surface area contributed by atoms with E-state index < -0.39 is 5.91 Å². The molecule has 20 heavy (non-hydrogen) atoms. The summed E-state index contributed by atoms with van der Waals surface area (Å²) in [6, 6.07) is 6.76. The van der Waals surface area contributed by atoms with Crippen LogP contribution >= 0.6 is 46.1 Å². The minimum atomic E-state index is -0.567. The molecule has 0 spiro atoms. The normalized spacial score (nSPS) is 12.2. The molecule has 0 aliphatic rings. The zero-order chi connectivity index (χ0) is 14.9. The molecule has 0 saturated carbocycles. The van der Waals surface area contributed by atoms with Crippen LogP contribution in [-0.4, -0.2) is 5.91 Å². The van der Waals surface area contributed by atoms with Crippen molar-refractivity contribution in [2.75, 3.05) is 5.32 Å². The first kappa shape index (κ1) is 15.4. The summed E-state index contributed by atoms with van der Waals surface area (Å²) in [6.07, 6.45) is 0. The molecule has 1 aromatic heterocycles. The van der Waals surface area contributed by atoms with Gasteiger partial charge in [0.15, 0.2) is 0 Å². The van der Waals surface area contributed by atoms with Crippen molar-refractivity contribution in [3.63, 3.8) is 0 Å². The van der Waals surface area contributed by atoms with Crippen molar-refractivity contribution >= 4 is 57.7 Å². The predicted molar refractivity (Wildman–Crippen MR) is 86.3 cm³/mol. The summed E-state index contributed by atoms with van der Waals surface area (Å²) < 4.78 is 1.27. The molecular formula is C13H11Cl3N2OS. The van der Waals surface area contributed by atoms with Crippen LogP contribution in [0.4, 0.5) is 5.69 Å². The number of rotatable bonds is 4. The number of hydrogen-bond acceptors (Lipinski definition) is 3. The fourth-order valence-electron chi connectivity index (χ4n) is 1.78. The Hall–Kier alpha value is -0.940. The van der Waals surface area contributed by atoms with Gasteiger partial charge in [0.1, 0.15) is 0 Å². The van der Waals surface area contributed by atoms with Gasteiger partial charge in [-0.2, -0.15) is 0 Å². The minimum absolute atomic E-state index is 0.0619. The molecule has 1 heterocycles. The summed E-state index contributed by atoms with van der Waals surface area (Å²) >= 11 is 19.3. The molecule has 1 unspecified atom stereocenters. The van der Waals surface area contributed by atoms with E-state index in [9.17, 15) is 4.79 Å². The number of benzene rings is 1. The third-order valence-electron chi connectivity index (χ3n) is 2.76. The highest BCUT2D eigenvalue weighted by molar-refractivity contribution is 7.20. The molecule has 1 aromatic carbocycles. The summed E-state index contributed by atoms with van der Waals surface area (Å²) in [5, 5.41) is 3.56. The van der Waals surface area contributed by atoms with Gasteiger partial charge >= 0.3 is 0 Å². The molecule has 106 valence electrons. The van der Waals surface area contributed by atoms with Crippen molar-refractivity contribution in [1.29, 1.82) is 0 Å². The van der Waals surface area contributed by atoms with Crippen molar-refractivity contribution in [3.8, 4) is 0 Å². The molecule has 1 atom stereocenters. The average Bonchev–Trinajstić information content (AvgIpc) is 2.70. The van der Waals surface area contributed by atoms with Crippen molar-refractivity contribution in [2.45, 2.75) is 13.0 Å². The highest BCUT2D eigenvalue weighted by atomic mass is 35.5. The lowest BCUT2D eigenvalue weighted by molar-refractivity contribution is 0.100. The summed E-state index contributed by atoms with van der Waals surface area (Å²) in [5.74, 6) is -0.567. The van der Waals surface area contributed by atoms with Gasteiger partial charge < -0.3 is 11.1 Å². The Morgan fingerprint density at radius 1 is 1.30 bits per heavy atom. The second-order valence-corrected chi connectivity index (χ2v) is 6.90. The van der Waals surface area contributed by atoms with Gasteiger partial charge in [-0.05, 0) is 31.2 Å². The molecule has 2 aromatic rings. The highest BCUT2D eigenvalue weighted by Crippen LogP contribution is 2.36. The first-order valence-electron chi connectivity index (χ1n) is 5.69. The maximum atomic E-state index is 11.3. The average molecular weight is 350 g/mol. The molecule has 2 rings (SSSR count). The summed E-state index contributed by atoms with van der Waals surface area (Å²) in [7, 11) is 0. The first-order chi connectivity index (χ1) is 9.38. The van der Waals surface area contributed by atoms with Gasteiger partial charge in [0, 0.05) is 11.3 Å². The van der Waals surface area contributed by atoms with E-state index >= 15 is 0 Å². The Labute approximate surface area is 135 Å². The molecule has 0 bridgehead atoms. The number of anilines is 1. The Morgan fingerprint density at radius 3 is 2.55 bits per heavy atom. The molecule has 0 saturated heterocycles. The maximum Gasteiger partial charge on any atom is 0.250 e. The van der Waals surface area contributed by atoms with Crippen molar-refractivity contribution in [1.82, 2.24) is 0 Å². The van der Waals surface area contributed by atoms with Crippen LogP contribution in [0.3, 0.4) is 0 Å². The van der Waals surface area contributed by atoms with Crippen LogP contribution in [0, 0.1) is 0 Å². The summed E-state index contributed by atoms with van der Waals surface area (Å²) in [4.78, 5) is 11.3. The Kier molecular flexibility index (Phi) is 4.81. The number of nitrogens with one attached hydrogen (secondary N) is 1. The lowest BCUT2D eigenvalue weighted by atomic mass is 10.1. The van der Waals surface area contributed by atoms with Crippen LogP contribution in [0.1, 0.15) is 28.9 Å². The van der Waals surface area contributed by atoms with Crippen LogP contribution in [0.25, 0.3) is 0 Å². The number of primary amides is 1. The largest absolute Gasteiger partial charge is 0.378 e. The second kappa shape index (κ2) is 6.22. The first-order valence-corrected chi connectivity index (χ1v) is 7.64. The topological polar surface area (TPSA) is 55.1 Å². The van der Waals surface area contributed by atoms with E-state index in [0.29, 0.717) is 13.7 Å². The van der Waals surface area contributed by atoms with E-state index in [4.69, 9.17) is 40.5 Å². The molecule has 0 radical (unpaired) electrons. The lowest BCUT2D eigenvalue weighted by Crippen LogP contribution is -2.13. The number of amides is 1. The van der Waals surface area contributed by atoms with Crippen molar-refractivity contribution in [2.24, 2.45) is 5.73 Å². The van der Waals surface area contributed by atoms with E-state index in [1.807, 2.05) is 13.0 Å². The lowest BCUT2D eigenvalue weighted by Gasteiger charge is -2.15. The Morgan fingerprint density at radius 2 is 2.00 bits per heavy atom. The van der Waals surface area contributed by atoms with Crippen LogP contribution in [-0.2, 0) is 0 Å². The molecule has 7 heteroatoms. The summed E-state index contributed by atoms with van der Waals surface area (Å²) in [6.45, 7) is 1.95. The van der Waals surface area contributed by atoms with Gasteiger partial charge in [0.05, 0.1) is 25.3 Å². The zero-order valence-corrected chi connectivity index (χ0v) is 13.5. The highest BCUT2D eigenvalue weighted by Gasteiger charge is 2.14. The van der Waals surface area contributed by atoms with Gasteiger partial charge in [-0.3, -0.25) is 4.79 Å². The quantitative estimate of drug-likeness (QED) is 0.818. The maximum absolute atomic E-state index is 11.3. The third kappa shape index (κ3) is 3.38. The monoisotopic (exact) mass is 348 g/mol. The Bertz CT molecular complexity index is 657. The van der Waals surface area contributed by atoms with Gasteiger partial charge in [-0.25, -0.2) is 0 Å². The van der Waals surface area contributed by atoms with Gasteiger partial charge in [-0.1, -0.05) is 34.8 Å². The van der Waals surface area contributed by atoms with E-state index in [-0.39, 0.29) is 11.6 Å². The molecule has 3 nitrogen and oxygen atoms in total. The second-order valence-electron chi connectivity index (χ2n) is 4.20. The predicted octanol–water partition coefficient (Wildman–Crippen LogP) is 4.98. The fourth-order valence-corrected chi connectivity index (χ4v) is 3.64. The van der Waals surface area contributed by atoms with Crippen LogP contribution in [0.2, 0.25) is 13.7 Å². The van der Waals surface area contributed by atoms with Crippen molar-refractivity contribution in [3.05, 3.63) is 49.1 Å². The van der Waals surface area contributed by atoms with Crippen molar-refractivity contribution < 1.29 is 4.79 Å². The van der Waals surface area contributed by atoms with Gasteiger partial charge in [0.2, 0.25) is 5.91 Å². The van der Waals surface area contributed by atoms with Gasteiger partial charge in [0.25, 0.3) is 0 Å². The van der Waals surface area contributed by atoms with E-state index in [1.165, 1.54) is 11.3 Å². The zero-order valence-electron chi connectivity index (χ0n) is 10.4. The number of hydrogen-bond donors (Lipinski definition) is 2. The number of nitrogens with two attached hydrogens (primary N) is 1. The molecule has 0 aliphatic heterocycles. The standard InChI is InChI=1S/C13H11Cl3N2OS/c1-6(8-5-11(15)20-12(8)16)18-7-2-3-10(14)9(4-7)13(17)19/h2-6,18H,1H3,(H2,17,19). The minimum Gasteiger partial charge on any atom is -0.378 e.